The molecule has 0 aliphatic carbocycles. The van der Waals surface area contributed by atoms with Crippen LogP contribution in [0.1, 0.15) is 46.0 Å². The van der Waals surface area contributed by atoms with E-state index < -0.39 is 0 Å². The molecule has 7 heteroatoms. The van der Waals surface area contributed by atoms with E-state index in [0.717, 1.165) is 49.4 Å². The van der Waals surface area contributed by atoms with Crippen molar-refractivity contribution in [2.45, 2.75) is 31.4 Å². The van der Waals surface area contributed by atoms with Gasteiger partial charge in [0.1, 0.15) is 11.9 Å². The van der Waals surface area contributed by atoms with Crippen molar-refractivity contribution in [2.24, 2.45) is 0 Å². The molecule has 2 aliphatic heterocycles. The van der Waals surface area contributed by atoms with E-state index in [1.54, 1.807) is 12.1 Å². The highest BCUT2D eigenvalue weighted by Crippen LogP contribution is 2.29. The van der Waals surface area contributed by atoms with Crippen molar-refractivity contribution in [3.05, 3.63) is 126 Å². The average molecular weight is 564 g/mol. The quantitative estimate of drug-likeness (QED) is 0.286. The maximum atomic E-state index is 13.8. The van der Waals surface area contributed by atoms with Gasteiger partial charge in [0.15, 0.2) is 5.76 Å². The summed E-state index contributed by atoms with van der Waals surface area (Å²) in [6.07, 6.45) is 3.22. The minimum absolute atomic E-state index is 0.0431. The Kier molecular flexibility index (Phi) is 8.66. The number of hydrogen-bond donors (Lipinski definition) is 0. The number of rotatable bonds is 8. The summed E-state index contributed by atoms with van der Waals surface area (Å²) in [4.78, 5) is 32.5. The summed E-state index contributed by atoms with van der Waals surface area (Å²) >= 11 is 0. The van der Waals surface area contributed by atoms with Gasteiger partial charge in [-0.3, -0.25) is 14.5 Å². The fourth-order valence-electron chi connectivity index (χ4n) is 5.98. The van der Waals surface area contributed by atoms with E-state index in [1.807, 2.05) is 82.6 Å². The van der Waals surface area contributed by atoms with Gasteiger partial charge in [0, 0.05) is 58.7 Å². The van der Waals surface area contributed by atoms with Crippen molar-refractivity contribution in [3.8, 4) is 5.75 Å². The van der Waals surface area contributed by atoms with Crippen LogP contribution in [-0.4, -0.2) is 71.9 Å². The lowest BCUT2D eigenvalue weighted by Gasteiger charge is -2.35. The van der Waals surface area contributed by atoms with E-state index in [9.17, 15) is 9.59 Å². The highest BCUT2D eigenvalue weighted by Gasteiger charge is 2.31. The molecule has 0 atom stereocenters. The molecule has 0 N–H and O–H groups in total. The number of nitrogens with zero attached hydrogens (tertiary/aromatic N) is 3. The monoisotopic (exact) mass is 563 g/mol. The van der Waals surface area contributed by atoms with E-state index in [4.69, 9.17) is 9.15 Å². The fourth-order valence-corrected chi connectivity index (χ4v) is 5.98. The molecule has 0 radical (unpaired) electrons. The first-order valence-corrected chi connectivity index (χ1v) is 14.8. The van der Waals surface area contributed by atoms with Crippen molar-refractivity contribution < 1.29 is 18.7 Å². The van der Waals surface area contributed by atoms with Gasteiger partial charge in [-0.05, 0) is 41.0 Å². The topological polar surface area (TPSA) is 66.2 Å². The van der Waals surface area contributed by atoms with Crippen LogP contribution in [0.5, 0.6) is 5.75 Å². The molecule has 2 fully saturated rings. The summed E-state index contributed by atoms with van der Waals surface area (Å²) < 4.78 is 11.7. The van der Waals surface area contributed by atoms with Crippen molar-refractivity contribution >= 4 is 11.8 Å². The van der Waals surface area contributed by atoms with Crippen molar-refractivity contribution in [1.29, 1.82) is 0 Å². The predicted octanol–water partition coefficient (Wildman–Crippen LogP) is 5.44. The largest absolute Gasteiger partial charge is 0.490 e. The smallest absolute Gasteiger partial charge is 0.289 e. The van der Waals surface area contributed by atoms with E-state index in [2.05, 4.69) is 17.0 Å². The Hall–Kier alpha value is -4.36. The highest BCUT2D eigenvalue weighted by molar-refractivity contribution is 5.91. The second kappa shape index (κ2) is 13.1. The summed E-state index contributed by atoms with van der Waals surface area (Å²) in [5.41, 5.74) is 3.24. The minimum Gasteiger partial charge on any atom is -0.490 e. The summed E-state index contributed by atoms with van der Waals surface area (Å²) in [5.74, 6) is 1.08. The zero-order chi connectivity index (χ0) is 28.7. The van der Waals surface area contributed by atoms with Crippen molar-refractivity contribution in [3.63, 3.8) is 0 Å². The van der Waals surface area contributed by atoms with E-state index in [0.29, 0.717) is 31.9 Å². The summed E-state index contributed by atoms with van der Waals surface area (Å²) in [7, 11) is 0. The number of piperidine rings is 1. The number of hydrogen-bond acceptors (Lipinski definition) is 5. The van der Waals surface area contributed by atoms with Crippen molar-refractivity contribution in [2.75, 3.05) is 39.3 Å². The standard InChI is InChI=1S/C35H37N3O4/c39-34(32-15-8-24-41-32)38-22-20-36(21-23-38)26-27-9-7-14-31(25-27)42-30-16-18-37(19-17-30)35(40)33(28-10-3-1-4-11-28)29-12-5-2-6-13-29/h1-15,24-25,30,33H,16-23,26H2. The first kappa shape index (κ1) is 27.8. The fraction of sp³-hybridized carbons (Fsp3) is 0.314. The molecule has 7 nitrogen and oxygen atoms in total. The van der Waals surface area contributed by atoms with Gasteiger partial charge < -0.3 is 19.0 Å². The Bertz CT molecular complexity index is 1400. The molecule has 0 unspecified atom stereocenters. The first-order chi connectivity index (χ1) is 20.6. The zero-order valence-electron chi connectivity index (χ0n) is 23.8. The van der Waals surface area contributed by atoms with Crippen LogP contribution in [0.25, 0.3) is 0 Å². The number of furan rings is 1. The second-order valence-corrected chi connectivity index (χ2v) is 11.1. The van der Waals surface area contributed by atoms with Gasteiger partial charge >= 0.3 is 0 Å². The summed E-state index contributed by atoms with van der Waals surface area (Å²) in [6, 6.07) is 31.9. The summed E-state index contributed by atoms with van der Waals surface area (Å²) in [6.45, 7) is 5.17. The van der Waals surface area contributed by atoms with Gasteiger partial charge in [-0.25, -0.2) is 0 Å². The Labute approximate surface area is 247 Å². The number of carbonyl (C=O) groups is 2. The Morgan fingerprint density at radius 1 is 0.738 bits per heavy atom. The molecular weight excluding hydrogens is 526 g/mol. The van der Waals surface area contributed by atoms with Crippen LogP contribution in [0, 0.1) is 0 Å². The lowest BCUT2D eigenvalue weighted by molar-refractivity contribution is -0.133. The SMILES string of the molecule is O=C(c1ccco1)N1CCN(Cc2cccc(OC3CCN(C(=O)C(c4ccccc4)c4ccccc4)CC3)c2)CC1. The molecule has 1 aromatic heterocycles. The number of piperazine rings is 1. The minimum atomic E-state index is -0.299. The molecule has 0 saturated carbocycles. The van der Waals surface area contributed by atoms with Crippen molar-refractivity contribution in [1.82, 2.24) is 14.7 Å². The molecule has 0 bridgehead atoms. The third kappa shape index (κ3) is 6.58. The normalized spacial score (nSPS) is 16.5. The lowest BCUT2D eigenvalue weighted by atomic mass is 9.89. The number of carbonyl (C=O) groups excluding carboxylic acids is 2. The lowest BCUT2D eigenvalue weighted by Crippen LogP contribution is -2.48. The Morgan fingerprint density at radius 2 is 1.40 bits per heavy atom. The molecule has 2 amide bonds. The van der Waals surface area contributed by atoms with Crippen LogP contribution in [0.4, 0.5) is 0 Å². The zero-order valence-corrected chi connectivity index (χ0v) is 23.8. The van der Waals surface area contributed by atoms with E-state index in [-0.39, 0.29) is 23.8 Å². The maximum absolute atomic E-state index is 13.8. The molecular formula is C35H37N3O4. The van der Waals surface area contributed by atoms with Gasteiger partial charge in [-0.15, -0.1) is 0 Å². The van der Waals surface area contributed by atoms with Gasteiger partial charge in [0.25, 0.3) is 5.91 Å². The second-order valence-electron chi connectivity index (χ2n) is 11.1. The number of amides is 2. The molecule has 0 spiro atoms. The Balaban J connectivity index is 1.01. The van der Waals surface area contributed by atoms with E-state index >= 15 is 0 Å². The molecule has 4 aromatic rings. The summed E-state index contributed by atoms with van der Waals surface area (Å²) in [5, 5.41) is 0. The van der Waals surface area contributed by atoms with Gasteiger partial charge in [0.05, 0.1) is 12.2 Å². The number of likely N-dealkylation sites (tertiary alicyclic amines) is 1. The Morgan fingerprint density at radius 3 is 2.02 bits per heavy atom. The van der Waals surface area contributed by atoms with Crippen LogP contribution >= 0.6 is 0 Å². The van der Waals surface area contributed by atoms with Crippen LogP contribution in [0.15, 0.2) is 108 Å². The van der Waals surface area contributed by atoms with Gasteiger partial charge in [-0.1, -0.05) is 72.8 Å². The molecule has 42 heavy (non-hydrogen) atoms. The third-order valence-electron chi connectivity index (χ3n) is 8.27. The average Bonchev–Trinajstić information content (AvgIpc) is 3.58. The van der Waals surface area contributed by atoms with Crippen LogP contribution < -0.4 is 4.74 Å². The molecule has 6 rings (SSSR count). The molecule has 3 aromatic carbocycles. The van der Waals surface area contributed by atoms with Gasteiger partial charge in [0.2, 0.25) is 5.91 Å². The highest BCUT2D eigenvalue weighted by atomic mass is 16.5. The molecule has 3 heterocycles. The number of benzene rings is 3. The van der Waals surface area contributed by atoms with Gasteiger partial charge in [-0.2, -0.15) is 0 Å². The predicted molar refractivity (Wildman–Crippen MR) is 161 cm³/mol. The maximum Gasteiger partial charge on any atom is 0.289 e. The van der Waals surface area contributed by atoms with Crippen LogP contribution in [-0.2, 0) is 11.3 Å². The van der Waals surface area contributed by atoms with Crippen LogP contribution in [0.3, 0.4) is 0 Å². The van der Waals surface area contributed by atoms with E-state index in [1.165, 1.54) is 11.8 Å². The van der Waals surface area contributed by atoms with Crippen LogP contribution in [0.2, 0.25) is 0 Å². The molecule has 216 valence electrons. The first-order valence-electron chi connectivity index (χ1n) is 14.8. The third-order valence-corrected chi connectivity index (χ3v) is 8.27. The molecule has 2 saturated heterocycles. The number of ether oxygens (including phenoxy) is 1. The molecule has 2 aliphatic rings.